The smallest absolute Gasteiger partial charge is 0.407 e. The van der Waals surface area contributed by atoms with Crippen molar-refractivity contribution in [2.24, 2.45) is 0 Å². The van der Waals surface area contributed by atoms with E-state index >= 15 is 0 Å². The van der Waals surface area contributed by atoms with Gasteiger partial charge in [-0.25, -0.2) is 9.59 Å². The lowest BCUT2D eigenvalue weighted by Crippen LogP contribution is -2.38. The van der Waals surface area contributed by atoms with Crippen molar-refractivity contribution >= 4 is 23.9 Å². The van der Waals surface area contributed by atoms with E-state index in [1.807, 2.05) is 0 Å². The number of carbonyl (C=O) groups excluding carboxylic acids is 4. The molecule has 1 aromatic rings. The zero-order valence-corrected chi connectivity index (χ0v) is 15.2. The quantitative estimate of drug-likeness (QED) is 0.807. The summed E-state index contributed by atoms with van der Waals surface area (Å²) in [5.41, 5.74) is -0.218. The molecule has 1 atom stereocenters. The Morgan fingerprint density at radius 3 is 2.15 bits per heavy atom. The molecule has 2 rings (SSSR count). The normalized spacial score (nSPS) is 14.7. The Labute approximate surface area is 151 Å². The average molecular weight is 362 g/mol. The fraction of sp³-hybridized carbons (Fsp3) is 0.444. The summed E-state index contributed by atoms with van der Waals surface area (Å²) in [5.74, 6) is -2.07. The molecule has 0 spiro atoms. The van der Waals surface area contributed by atoms with E-state index in [-0.39, 0.29) is 30.0 Å². The van der Waals surface area contributed by atoms with E-state index in [4.69, 9.17) is 9.57 Å². The number of nitrogens with one attached hydrogen (secondary N) is 1. The lowest BCUT2D eigenvalue weighted by molar-refractivity contribution is -0.168. The Kier molecular flexibility index (Phi) is 5.64. The molecule has 0 saturated heterocycles. The van der Waals surface area contributed by atoms with Crippen molar-refractivity contribution in [2.45, 2.75) is 52.2 Å². The fourth-order valence-corrected chi connectivity index (χ4v) is 2.31. The van der Waals surface area contributed by atoms with Gasteiger partial charge in [-0.15, -0.1) is 0 Å². The van der Waals surface area contributed by atoms with Crippen LogP contribution in [0.3, 0.4) is 0 Å². The first-order valence-corrected chi connectivity index (χ1v) is 8.26. The number of amides is 3. The zero-order valence-electron chi connectivity index (χ0n) is 15.2. The summed E-state index contributed by atoms with van der Waals surface area (Å²) in [5, 5.41) is 3.07. The van der Waals surface area contributed by atoms with Crippen LogP contribution in [0.4, 0.5) is 4.79 Å². The molecule has 0 saturated carbocycles. The molecule has 1 N–H and O–H groups in total. The Balaban J connectivity index is 1.82. The first-order chi connectivity index (χ1) is 12.1. The summed E-state index contributed by atoms with van der Waals surface area (Å²) in [6.45, 7) is 6.95. The number of imide groups is 1. The largest absolute Gasteiger partial charge is 0.444 e. The third-order valence-electron chi connectivity index (χ3n) is 3.49. The molecule has 3 amide bonds. The summed E-state index contributed by atoms with van der Waals surface area (Å²) in [4.78, 5) is 52.7. The number of ether oxygens (including phenoxy) is 1. The molecule has 26 heavy (non-hydrogen) atoms. The number of hydroxylamine groups is 2. The van der Waals surface area contributed by atoms with Crippen LogP contribution in [0.15, 0.2) is 24.3 Å². The van der Waals surface area contributed by atoms with E-state index in [1.165, 1.54) is 12.1 Å². The predicted octanol–water partition coefficient (Wildman–Crippen LogP) is 2.43. The van der Waals surface area contributed by atoms with Crippen molar-refractivity contribution in [3.63, 3.8) is 0 Å². The molecule has 1 heterocycles. The standard InChI is InChI=1S/C18H22N2O6/c1-11(19-17(24)25-18(2,3)4)9-10-14(21)26-20-15(22)12-7-5-6-8-13(12)16(20)23/h5-8,11H,9-10H2,1-4H3,(H,19,24). The summed E-state index contributed by atoms with van der Waals surface area (Å²) in [7, 11) is 0. The van der Waals surface area contributed by atoms with Crippen LogP contribution >= 0.6 is 0 Å². The zero-order chi connectivity index (χ0) is 19.5. The Bertz CT molecular complexity index is 702. The van der Waals surface area contributed by atoms with Gasteiger partial charge in [0.15, 0.2) is 0 Å². The minimum atomic E-state index is -0.739. The molecule has 1 aliphatic heterocycles. The van der Waals surface area contributed by atoms with Crippen molar-refractivity contribution in [1.82, 2.24) is 10.4 Å². The molecule has 1 aromatic carbocycles. The van der Waals surface area contributed by atoms with Crippen LogP contribution in [0.1, 0.15) is 61.3 Å². The molecule has 1 unspecified atom stereocenters. The van der Waals surface area contributed by atoms with E-state index < -0.39 is 29.5 Å². The maximum absolute atomic E-state index is 12.1. The first-order valence-electron chi connectivity index (χ1n) is 8.26. The van der Waals surface area contributed by atoms with Crippen molar-refractivity contribution in [3.8, 4) is 0 Å². The summed E-state index contributed by atoms with van der Waals surface area (Å²) in [6.07, 6.45) is -0.398. The summed E-state index contributed by atoms with van der Waals surface area (Å²) < 4.78 is 5.12. The number of hydrogen-bond acceptors (Lipinski definition) is 6. The highest BCUT2D eigenvalue weighted by Crippen LogP contribution is 2.23. The van der Waals surface area contributed by atoms with Gasteiger partial charge in [0.25, 0.3) is 11.8 Å². The predicted molar refractivity (Wildman–Crippen MR) is 91.1 cm³/mol. The molecule has 140 valence electrons. The van der Waals surface area contributed by atoms with E-state index in [9.17, 15) is 19.2 Å². The van der Waals surface area contributed by atoms with E-state index in [0.717, 1.165) is 0 Å². The molecule has 1 aliphatic rings. The van der Waals surface area contributed by atoms with Gasteiger partial charge in [-0.1, -0.05) is 17.2 Å². The van der Waals surface area contributed by atoms with Gasteiger partial charge in [-0.05, 0) is 46.2 Å². The molecule has 0 aliphatic carbocycles. The number of rotatable bonds is 5. The molecular formula is C18H22N2O6. The van der Waals surface area contributed by atoms with Gasteiger partial charge in [-0.3, -0.25) is 9.59 Å². The molecule has 8 heteroatoms. The molecule has 0 fully saturated rings. The first kappa shape index (κ1) is 19.4. The highest BCUT2D eigenvalue weighted by Gasteiger charge is 2.38. The van der Waals surface area contributed by atoms with E-state index in [2.05, 4.69) is 5.32 Å². The second kappa shape index (κ2) is 7.55. The SMILES string of the molecule is CC(CCC(=O)ON1C(=O)c2ccccc2C1=O)NC(=O)OC(C)(C)C. The van der Waals surface area contributed by atoms with Crippen molar-refractivity contribution in [3.05, 3.63) is 35.4 Å². The van der Waals surface area contributed by atoms with Crippen molar-refractivity contribution in [1.29, 1.82) is 0 Å². The van der Waals surface area contributed by atoms with Crippen molar-refractivity contribution < 1.29 is 28.8 Å². The molecule has 0 bridgehead atoms. The van der Waals surface area contributed by atoms with Crippen LogP contribution in [-0.2, 0) is 14.4 Å². The number of carbonyl (C=O) groups is 4. The minimum absolute atomic E-state index is 0.0790. The third kappa shape index (κ3) is 4.81. The topological polar surface area (TPSA) is 102 Å². The number of hydrogen-bond donors (Lipinski definition) is 1. The Hall–Kier alpha value is -2.90. The summed E-state index contributed by atoms with van der Waals surface area (Å²) >= 11 is 0. The molecule has 0 radical (unpaired) electrons. The molecule has 8 nitrogen and oxygen atoms in total. The van der Waals surface area contributed by atoms with Gasteiger partial charge in [0.05, 0.1) is 11.1 Å². The number of fused-ring (bicyclic) bond motifs is 1. The van der Waals surface area contributed by atoms with Gasteiger partial charge < -0.3 is 14.9 Å². The average Bonchev–Trinajstić information content (AvgIpc) is 2.76. The van der Waals surface area contributed by atoms with Crippen molar-refractivity contribution in [2.75, 3.05) is 0 Å². The maximum atomic E-state index is 12.1. The van der Waals surface area contributed by atoms with Gasteiger partial charge >= 0.3 is 12.1 Å². The van der Waals surface area contributed by atoms with Gasteiger partial charge in [0.1, 0.15) is 5.60 Å². The van der Waals surface area contributed by atoms with Crippen LogP contribution in [0.2, 0.25) is 0 Å². The minimum Gasteiger partial charge on any atom is -0.444 e. The molecular weight excluding hydrogens is 340 g/mol. The highest BCUT2D eigenvalue weighted by atomic mass is 16.7. The lowest BCUT2D eigenvalue weighted by atomic mass is 10.1. The third-order valence-corrected chi connectivity index (χ3v) is 3.49. The number of alkyl carbamates (subject to hydrolysis) is 1. The fourth-order valence-electron chi connectivity index (χ4n) is 2.31. The highest BCUT2D eigenvalue weighted by molar-refractivity contribution is 6.20. The van der Waals surface area contributed by atoms with Crippen LogP contribution in [0, 0.1) is 0 Å². The van der Waals surface area contributed by atoms with Gasteiger partial charge in [0, 0.05) is 12.5 Å². The van der Waals surface area contributed by atoms with Crippen LogP contribution in [0.5, 0.6) is 0 Å². The Morgan fingerprint density at radius 2 is 1.65 bits per heavy atom. The maximum Gasteiger partial charge on any atom is 0.407 e. The second-order valence-electron chi connectivity index (χ2n) is 7.00. The van der Waals surface area contributed by atoms with Gasteiger partial charge in [0.2, 0.25) is 0 Å². The van der Waals surface area contributed by atoms with E-state index in [1.54, 1.807) is 39.8 Å². The second-order valence-corrected chi connectivity index (χ2v) is 7.00. The number of benzene rings is 1. The van der Waals surface area contributed by atoms with Crippen LogP contribution < -0.4 is 5.32 Å². The number of nitrogens with zero attached hydrogens (tertiary/aromatic N) is 1. The van der Waals surface area contributed by atoms with E-state index in [0.29, 0.717) is 5.06 Å². The van der Waals surface area contributed by atoms with Crippen LogP contribution in [0.25, 0.3) is 0 Å². The molecule has 0 aromatic heterocycles. The van der Waals surface area contributed by atoms with Crippen LogP contribution in [-0.4, -0.2) is 40.6 Å². The Morgan fingerprint density at radius 1 is 1.12 bits per heavy atom. The summed E-state index contributed by atoms with van der Waals surface area (Å²) in [6, 6.07) is 5.89. The monoisotopic (exact) mass is 362 g/mol. The lowest BCUT2D eigenvalue weighted by Gasteiger charge is -2.22. The van der Waals surface area contributed by atoms with Gasteiger partial charge in [-0.2, -0.15) is 0 Å².